The van der Waals surface area contributed by atoms with Crippen LogP contribution in [0, 0.1) is 0 Å². The van der Waals surface area contributed by atoms with Crippen LogP contribution in [0.1, 0.15) is 39.5 Å². The molecule has 0 aromatic carbocycles. The molecule has 0 aliphatic carbocycles. The summed E-state index contributed by atoms with van der Waals surface area (Å²) in [5.41, 5.74) is 0.958. The molecule has 0 unspecified atom stereocenters. The summed E-state index contributed by atoms with van der Waals surface area (Å²) >= 11 is 0. The lowest BCUT2D eigenvalue weighted by molar-refractivity contribution is 0.0836. The topological polar surface area (TPSA) is 32.3 Å². The molecule has 1 fully saturated rings. The van der Waals surface area contributed by atoms with E-state index in [1.165, 1.54) is 18.4 Å². The third-order valence-electron chi connectivity index (χ3n) is 2.36. The second-order valence-corrected chi connectivity index (χ2v) is 4.48. The Kier molecular flexibility index (Phi) is 3.94. The van der Waals surface area contributed by atoms with Gasteiger partial charge in [0.2, 0.25) is 0 Å². The highest BCUT2D eigenvalue weighted by Crippen LogP contribution is 2.16. The molecule has 0 amide bonds. The Bertz CT molecular complexity index is 169. The molecule has 13 heavy (non-hydrogen) atoms. The van der Waals surface area contributed by atoms with Crippen LogP contribution in [0.15, 0.2) is 11.6 Å². The van der Waals surface area contributed by atoms with E-state index in [1.807, 2.05) is 13.8 Å². The number of nitrogens with one attached hydrogen (secondary N) is 1. The van der Waals surface area contributed by atoms with Gasteiger partial charge in [-0.3, -0.25) is 0 Å². The lowest BCUT2D eigenvalue weighted by atomic mass is 10.00. The molecule has 0 aromatic rings. The molecule has 1 rings (SSSR count). The molecule has 2 heteroatoms. The Hall–Kier alpha value is -0.340. The van der Waals surface area contributed by atoms with Crippen LogP contribution in [-0.4, -0.2) is 23.8 Å². The van der Waals surface area contributed by atoms with Gasteiger partial charge < -0.3 is 10.4 Å². The summed E-state index contributed by atoms with van der Waals surface area (Å²) in [6.07, 6.45) is 6.58. The van der Waals surface area contributed by atoms with Crippen LogP contribution in [-0.2, 0) is 0 Å². The number of aliphatic hydroxyl groups is 1. The summed E-state index contributed by atoms with van der Waals surface area (Å²) in [6, 6.07) is 0. The normalized spacial score (nSPS) is 23.2. The van der Waals surface area contributed by atoms with E-state index in [2.05, 4.69) is 11.4 Å². The maximum absolute atomic E-state index is 9.56. The predicted octanol–water partition coefficient (Wildman–Crippen LogP) is 1.85. The van der Waals surface area contributed by atoms with Crippen molar-refractivity contribution in [3.63, 3.8) is 0 Å². The summed E-state index contributed by atoms with van der Waals surface area (Å²) in [5.74, 6) is 0. The van der Waals surface area contributed by atoms with E-state index >= 15 is 0 Å². The minimum atomic E-state index is -0.549. The molecule has 0 atom stereocenters. The summed E-state index contributed by atoms with van der Waals surface area (Å²) < 4.78 is 0. The first-order chi connectivity index (χ1) is 6.08. The van der Waals surface area contributed by atoms with Crippen LogP contribution in [0.25, 0.3) is 0 Å². The zero-order valence-electron chi connectivity index (χ0n) is 8.77. The lowest BCUT2D eigenvalue weighted by Crippen LogP contribution is -2.17. The standard InChI is InChI=1S/C11H21NO/c1-11(2,13)7-5-10-4-3-8-12-9-6-10/h5,12-13H,3-4,6-9H2,1-2H3/b10-5-. The Morgan fingerprint density at radius 1 is 1.38 bits per heavy atom. The molecule has 0 spiro atoms. The largest absolute Gasteiger partial charge is 0.390 e. The highest BCUT2D eigenvalue weighted by molar-refractivity contribution is 5.05. The van der Waals surface area contributed by atoms with Gasteiger partial charge in [-0.1, -0.05) is 11.6 Å². The smallest absolute Gasteiger partial charge is 0.0626 e. The van der Waals surface area contributed by atoms with Crippen molar-refractivity contribution in [2.45, 2.75) is 45.1 Å². The molecular formula is C11H21NO. The molecule has 1 heterocycles. The average molecular weight is 183 g/mol. The molecule has 0 aromatic heterocycles. The van der Waals surface area contributed by atoms with Crippen molar-refractivity contribution in [2.75, 3.05) is 13.1 Å². The first-order valence-corrected chi connectivity index (χ1v) is 5.19. The number of hydrogen-bond acceptors (Lipinski definition) is 2. The summed E-state index contributed by atoms with van der Waals surface area (Å²) in [7, 11) is 0. The van der Waals surface area contributed by atoms with E-state index in [1.54, 1.807) is 0 Å². The minimum Gasteiger partial charge on any atom is -0.390 e. The van der Waals surface area contributed by atoms with Gasteiger partial charge in [0.1, 0.15) is 0 Å². The lowest BCUT2D eigenvalue weighted by Gasteiger charge is -2.15. The zero-order valence-corrected chi connectivity index (χ0v) is 8.77. The van der Waals surface area contributed by atoms with Gasteiger partial charge in [-0.15, -0.1) is 0 Å². The number of hydrogen-bond donors (Lipinski definition) is 2. The van der Waals surface area contributed by atoms with E-state index in [-0.39, 0.29) is 0 Å². The molecule has 2 nitrogen and oxygen atoms in total. The van der Waals surface area contributed by atoms with Crippen molar-refractivity contribution in [1.29, 1.82) is 0 Å². The van der Waals surface area contributed by atoms with Gasteiger partial charge in [-0.2, -0.15) is 0 Å². The van der Waals surface area contributed by atoms with Crippen LogP contribution in [0.4, 0.5) is 0 Å². The fourth-order valence-electron chi connectivity index (χ4n) is 1.54. The van der Waals surface area contributed by atoms with Crippen LogP contribution in [0.2, 0.25) is 0 Å². The van der Waals surface area contributed by atoms with Gasteiger partial charge in [0.15, 0.2) is 0 Å². The number of rotatable bonds is 2. The zero-order chi connectivity index (χ0) is 9.73. The van der Waals surface area contributed by atoms with Crippen LogP contribution < -0.4 is 5.32 Å². The second-order valence-electron chi connectivity index (χ2n) is 4.48. The Balaban J connectivity index is 2.39. The molecule has 0 saturated carbocycles. The second kappa shape index (κ2) is 4.77. The molecule has 1 aliphatic heterocycles. The third-order valence-corrected chi connectivity index (χ3v) is 2.36. The van der Waals surface area contributed by atoms with E-state index < -0.39 is 5.60 Å². The third kappa shape index (κ3) is 5.06. The molecule has 1 saturated heterocycles. The Morgan fingerprint density at radius 3 is 2.85 bits per heavy atom. The first-order valence-electron chi connectivity index (χ1n) is 5.19. The van der Waals surface area contributed by atoms with Crippen LogP contribution >= 0.6 is 0 Å². The van der Waals surface area contributed by atoms with Crippen molar-refractivity contribution in [3.8, 4) is 0 Å². The van der Waals surface area contributed by atoms with E-state index in [4.69, 9.17) is 0 Å². The monoisotopic (exact) mass is 183 g/mol. The van der Waals surface area contributed by atoms with Gasteiger partial charge in [-0.05, 0) is 52.6 Å². The highest BCUT2D eigenvalue weighted by Gasteiger charge is 2.11. The Labute approximate surface area is 81.0 Å². The minimum absolute atomic E-state index is 0.549. The van der Waals surface area contributed by atoms with E-state index in [0.717, 1.165) is 25.9 Å². The van der Waals surface area contributed by atoms with E-state index in [9.17, 15) is 5.11 Å². The SMILES string of the molecule is CC(C)(O)C/C=C1/CCCNCC1. The average Bonchev–Trinajstić information content (AvgIpc) is 2.26. The van der Waals surface area contributed by atoms with Crippen LogP contribution in [0.5, 0.6) is 0 Å². The Morgan fingerprint density at radius 2 is 2.15 bits per heavy atom. The summed E-state index contributed by atoms with van der Waals surface area (Å²) in [6.45, 7) is 5.95. The summed E-state index contributed by atoms with van der Waals surface area (Å²) in [4.78, 5) is 0. The molecule has 76 valence electrons. The fourth-order valence-corrected chi connectivity index (χ4v) is 1.54. The van der Waals surface area contributed by atoms with E-state index in [0.29, 0.717) is 0 Å². The van der Waals surface area contributed by atoms with Crippen molar-refractivity contribution >= 4 is 0 Å². The first kappa shape index (κ1) is 10.7. The van der Waals surface area contributed by atoms with Crippen molar-refractivity contribution < 1.29 is 5.11 Å². The van der Waals surface area contributed by atoms with Gasteiger partial charge in [0, 0.05) is 0 Å². The molecule has 1 aliphatic rings. The predicted molar refractivity (Wildman–Crippen MR) is 55.7 cm³/mol. The molecule has 0 radical (unpaired) electrons. The molecule has 2 N–H and O–H groups in total. The maximum Gasteiger partial charge on any atom is 0.0626 e. The summed E-state index contributed by atoms with van der Waals surface area (Å²) in [5, 5.41) is 12.9. The maximum atomic E-state index is 9.56. The molecule has 0 bridgehead atoms. The van der Waals surface area contributed by atoms with Crippen molar-refractivity contribution in [1.82, 2.24) is 5.32 Å². The van der Waals surface area contributed by atoms with Gasteiger partial charge in [0.25, 0.3) is 0 Å². The van der Waals surface area contributed by atoms with Gasteiger partial charge >= 0.3 is 0 Å². The van der Waals surface area contributed by atoms with Crippen molar-refractivity contribution in [2.24, 2.45) is 0 Å². The molecular weight excluding hydrogens is 162 g/mol. The fraction of sp³-hybridized carbons (Fsp3) is 0.818. The van der Waals surface area contributed by atoms with Gasteiger partial charge in [0.05, 0.1) is 5.60 Å². The van der Waals surface area contributed by atoms with Crippen molar-refractivity contribution in [3.05, 3.63) is 11.6 Å². The van der Waals surface area contributed by atoms with Gasteiger partial charge in [-0.25, -0.2) is 0 Å². The highest BCUT2D eigenvalue weighted by atomic mass is 16.3. The van der Waals surface area contributed by atoms with Crippen LogP contribution in [0.3, 0.4) is 0 Å². The quantitative estimate of drug-likeness (QED) is 0.640.